The second-order valence-electron chi connectivity index (χ2n) is 1.97. The molecule has 0 atom stereocenters. The predicted molar refractivity (Wildman–Crippen MR) is 367 cm³/mol. The Kier molecular flexibility index (Phi) is 9550. The molecule has 426 valence electrons. The van der Waals surface area contributed by atoms with Crippen LogP contribution in [-0.4, -0.2) is 8.42 Å². The maximum atomic E-state index is 11.3. The third-order valence-electron chi connectivity index (χ3n) is 1.19. The van der Waals surface area contributed by atoms with E-state index in [1.807, 2.05) is 18.6 Å². The molecule has 0 aromatic heterocycles. The van der Waals surface area contributed by atoms with E-state index in [1.165, 1.54) is 0 Å². The van der Waals surface area contributed by atoms with Crippen LogP contribution in [0.25, 0.3) is 0 Å². The average molecular weight is 1360 g/mol. The second-order valence-corrected chi connectivity index (χ2v) is 16.5. The van der Waals surface area contributed by atoms with Crippen molar-refractivity contribution in [2.75, 3.05) is 0 Å². The molecule has 1 rings (SSSR count). The largest absolute Gasteiger partial charge is 0 e. The van der Waals surface area contributed by atoms with Gasteiger partial charge in [-0.25, -0.2) is 0 Å². The Bertz CT molecular complexity index is 382. The van der Waals surface area contributed by atoms with Crippen molar-refractivity contribution >= 4 is 57.4 Å². The number of hydrogen-bond donors (Lipinski definition) is 0. The Balaban J connectivity index is -0.000000000744. The van der Waals surface area contributed by atoms with Crippen molar-refractivity contribution in [3.63, 3.8) is 0 Å². The topological polar surface area (TPSA) is 34.1 Å². The molecule has 57 heavy (non-hydrogen) atoms. The molecule has 0 aliphatic heterocycles. The van der Waals surface area contributed by atoms with Crippen LogP contribution in [0.4, 0.5) is 0 Å². The average Bonchev–Trinajstić information content (AvgIpc) is 2.05. The Morgan fingerprint density at radius 1 is 0.298 bits per heavy atom. The normalized spacial score (nSPS) is 2.49. The van der Waals surface area contributed by atoms with Gasteiger partial charge in [0.1, 0.15) is 0 Å². The van der Waals surface area contributed by atoms with Crippen LogP contribution >= 0.6 is 50.4 Å². The molecule has 0 heterocycles. The Morgan fingerprint density at radius 2 is 0.404 bits per heavy atom. The fourth-order valence-corrected chi connectivity index (χ4v) is 7.20. The van der Waals surface area contributed by atoms with E-state index in [0.29, 0.717) is 4.90 Å². The number of hydrogen-bond acceptors (Lipinski definition) is 2. The maximum Gasteiger partial charge on any atom is 0 e. The monoisotopic (exact) mass is 1360 g/mol. The zero-order chi connectivity index (χ0) is 9.19. The first kappa shape index (κ1) is 1030. The van der Waals surface area contributed by atoms with Crippen LogP contribution in [0, 0.1) is 0 Å². The van der Waals surface area contributed by atoms with Gasteiger partial charge < -0.3 is 0 Å². The molecule has 0 aliphatic rings. The van der Waals surface area contributed by atoms with Crippen molar-refractivity contribution in [2.24, 2.45) is 0 Å². The summed E-state index contributed by atoms with van der Waals surface area (Å²) in [5.74, 6) is 0. The zero-order valence-corrected chi connectivity index (χ0v) is 15.9. The van der Waals surface area contributed by atoms with Crippen LogP contribution in [0.1, 0.15) is 327 Å². The molecule has 0 saturated heterocycles. The van der Waals surface area contributed by atoms with Gasteiger partial charge in [0.05, 0.1) is 0 Å². The SMILES string of the molecule is C.C.C.C.C.C.C.C.C.C.C.C.C.C.C.C.C.C.C.C.C.C.C.C.C.C.C.C.C.C.C.C.C.C.C.C.C.C.C.C.C.C.C.C.O=S(=O)([IH]I)c1ccc(Br)cc1.[W]. The van der Waals surface area contributed by atoms with E-state index in [1.54, 1.807) is 24.3 Å². The van der Waals surface area contributed by atoms with E-state index in [2.05, 4.69) is 15.9 Å². The number of halogens is 3. The molecule has 0 radical (unpaired) electrons. The molecule has 0 aliphatic carbocycles. The third kappa shape index (κ3) is 416. The van der Waals surface area contributed by atoms with Crippen LogP contribution in [0.3, 0.4) is 0 Å². The molecule has 2 nitrogen and oxygen atoms in total. The van der Waals surface area contributed by atoms with E-state index in [4.69, 9.17) is 0 Å². The quantitative estimate of drug-likeness (QED) is 0.218. The third-order valence-corrected chi connectivity index (χ3v) is 15.3. The van der Waals surface area contributed by atoms with Gasteiger partial charge in [0, 0.05) is 21.1 Å². The summed E-state index contributed by atoms with van der Waals surface area (Å²) in [6, 6.07) is 6.74. The van der Waals surface area contributed by atoms with Gasteiger partial charge in [-0.2, -0.15) is 0 Å². The van der Waals surface area contributed by atoms with Gasteiger partial charge in [-0.15, -0.1) is 0 Å². The van der Waals surface area contributed by atoms with Crippen molar-refractivity contribution in [1.29, 1.82) is 0 Å². The van der Waals surface area contributed by atoms with Crippen molar-refractivity contribution in [3.8, 4) is 0 Å². The van der Waals surface area contributed by atoms with E-state index >= 15 is 0 Å². The summed E-state index contributed by atoms with van der Waals surface area (Å²) >= 11 is 4.25. The predicted octanol–water partition coefficient (Wildman–Crippen LogP) is 31.2. The molecule has 7 heteroatoms. The molecular weight excluding hydrogens is 1180 g/mol. The van der Waals surface area contributed by atoms with Crippen LogP contribution < -0.4 is 0 Å². The van der Waals surface area contributed by atoms with E-state index < -0.39 is 22.9 Å². The van der Waals surface area contributed by atoms with Gasteiger partial charge in [0.15, 0.2) is 0 Å². The first-order valence-electron chi connectivity index (χ1n) is 2.87. The molecule has 0 spiro atoms. The van der Waals surface area contributed by atoms with Crippen molar-refractivity contribution in [1.82, 2.24) is 0 Å². The summed E-state index contributed by atoms with van der Waals surface area (Å²) in [7, 11) is -2.92. The van der Waals surface area contributed by atoms with Crippen LogP contribution in [-0.2, 0) is 28.1 Å². The number of benzene rings is 1. The summed E-state index contributed by atoms with van der Waals surface area (Å²) in [6.45, 7) is 0. The molecule has 0 N–H and O–H groups in total. The molecule has 0 unspecified atom stereocenters. The minimum Gasteiger partial charge on any atom is 0 e. The zero-order valence-electron chi connectivity index (χ0n) is 6.11. The number of rotatable bonds is 2. The van der Waals surface area contributed by atoms with Crippen molar-refractivity contribution < 1.29 is 29.5 Å². The first-order chi connectivity index (χ1) is 5.56. The smallest absolute Gasteiger partial charge is 0 e. The Morgan fingerprint density at radius 3 is 0.491 bits per heavy atom. The molecule has 1 aromatic rings. The molecule has 0 amide bonds. The fourth-order valence-electron chi connectivity index (χ4n) is 0.638. The van der Waals surface area contributed by atoms with Gasteiger partial charge in [-0.05, 0) is 0 Å². The van der Waals surface area contributed by atoms with Crippen LogP contribution in [0.2, 0.25) is 0 Å². The van der Waals surface area contributed by atoms with Crippen molar-refractivity contribution in [2.45, 2.75) is 332 Å². The summed E-state index contributed by atoms with van der Waals surface area (Å²) in [5, 5.41) is 0. The minimum absolute atomic E-state index is 0. The standard InChI is InChI=1S/C6H5BrI2O2S.44CH4.W/c7-5-1-3-6(4-2-5)12(10,11)9-8;;;;;;;;;;;;;;;;;;;;;;;;;;;;;;;;;;;;;;;;;;;;;/h1-4,9H;44*1H4;. The van der Waals surface area contributed by atoms with Crippen LogP contribution in [0.15, 0.2) is 33.6 Å². The first-order valence-corrected chi connectivity index (χ1v) is 14.7. The van der Waals surface area contributed by atoms with Gasteiger partial charge in [0.25, 0.3) is 0 Å². The molecule has 0 fully saturated rings. The van der Waals surface area contributed by atoms with Crippen molar-refractivity contribution in [3.05, 3.63) is 28.7 Å². The summed E-state index contributed by atoms with van der Waals surface area (Å²) in [5.41, 5.74) is 0. The molecule has 0 saturated carbocycles. The fraction of sp³-hybridized carbons (Fsp3) is 0.880. The second kappa shape index (κ2) is 528. The van der Waals surface area contributed by atoms with E-state index in [0.717, 1.165) is 4.47 Å². The maximum absolute atomic E-state index is 11.3. The minimum atomic E-state index is -2.92. The van der Waals surface area contributed by atoms with E-state index in [-0.39, 0.29) is 348 Å². The molecular formula is C50H181BrI2O2SW. The van der Waals surface area contributed by atoms with Gasteiger partial charge in [-0.3, -0.25) is 0 Å². The van der Waals surface area contributed by atoms with Gasteiger partial charge >= 0.3 is 99.5 Å². The van der Waals surface area contributed by atoms with Gasteiger partial charge in [-0.1, -0.05) is 327 Å². The molecule has 1 aromatic carbocycles. The Labute approximate surface area is 443 Å². The summed E-state index contributed by atoms with van der Waals surface area (Å²) in [6.07, 6.45) is 0. The van der Waals surface area contributed by atoms with E-state index in [9.17, 15) is 8.42 Å². The summed E-state index contributed by atoms with van der Waals surface area (Å²) < 4.78 is 23.6. The van der Waals surface area contributed by atoms with Crippen LogP contribution in [0.5, 0.6) is 0 Å². The summed E-state index contributed by atoms with van der Waals surface area (Å²) in [4.78, 5) is 0.433. The Hall–Kier alpha value is 1.80. The molecule has 0 bridgehead atoms. The van der Waals surface area contributed by atoms with Gasteiger partial charge in [0.2, 0.25) is 0 Å².